The van der Waals surface area contributed by atoms with E-state index in [9.17, 15) is 4.79 Å². The van der Waals surface area contributed by atoms with Crippen LogP contribution >= 0.6 is 0 Å². The van der Waals surface area contributed by atoms with Crippen molar-refractivity contribution in [1.29, 1.82) is 0 Å². The summed E-state index contributed by atoms with van der Waals surface area (Å²) in [5, 5.41) is 12.8. The van der Waals surface area contributed by atoms with Gasteiger partial charge in [0.1, 0.15) is 0 Å². The zero-order chi connectivity index (χ0) is 17.4. The van der Waals surface area contributed by atoms with Gasteiger partial charge in [-0.2, -0.15) is 4.98 Å². The van der Waals surface area contributed by atoms with E-state index in [0.29, 0.717) is 18.3 Å². The van der Waals surface area contributed by atoms with E-state index >= 15 is 0 Å². The second-order valence-corrected chi connectivity index (χ2v) is 7.16. The summed E-state index contributed by atoms with van der Waals surface area (Å²) in [4.78, 5) is 18.0. The zero-order valence-electron chi connectivity index (χ0n) is 14.8. The number of hydrogen-bond donors (Lipinski definition) is 2. The van der Waals surface area contributed by atoms with Gasteiger partial charge in [0.15, 0.2) is 5.82 Å². The number of carbonyl (C=O) groups is 1. The van der Waals surface area contributed by atoms with Crippen LogP contribution in [0.1, 0.15) is 75.4 Å². The molecule has 1 atom stereocenters. The van der Waals surface area contributed by atoms with Crippen molar-refractivity contribution in [2.45, 2.75) is 70.3 Å². The summed E-state index contributed by atoms with van der Waals surface area (Å²) in [5.41, 5.74) is 1.71. The van der Waals surface area contributed by atoms with Crippen molar-refractivity contribution in [3.8, 4) is 0 Å². The molecular formula is C17H30N4O3. The molecule has 0 unspecified atom stereocenters. The van der Waals surface area contributed by atoms with Crippen LogP contribution in [-0.4, -0.2) is 40.3 Å². The van der Waals surface area contributed by atoms with Crippen LogP contribution in [0.4, 0.5) is 0 Å². The van der Waals surface area contributed by atoms with Crippen LogP contribution in [0.3, 0.4) is 0 Å². The average molecular weight is 338 g/mol. The topological polar surface area (TPSA) is 91.5 Å². The maximum Gasteiger partial charge on any atom is 0.244 e. The molecular weight excluding hydrogens is 308 g/mol. The molecule has 1 aliphatic rings. The van der Waals surface area contributed by atoms with Crippen molar-refractivity contribution < 1.29 is 14.5 Å². The van der Waals surface area contributed by atoms with Gasteiger partial charge in [0.2, 0.25) is 11.8 Å². The number of nitrogens with zero attached hydrogens (tertiary/aromatic N) is 3. The average Bonchev–Trinajstić information content (AvgIpc) is 3.02. The fourth-order valence-electron chi connectivity index (χ4n) is 3.49. The van der Waals surface area contributed by atoms with Crippen molar-refractivity contribution >= 4 is 5.91 Å². The summed E-state index contributed by atoms with van der Waals surface area (Å²) in [5.74, 6) is 1.39. The van der Waals surface area contributed by atoms with Gasteiger partial charge in [0, 0.05) is 12.3 Å². The molecule has 136 valence electrons. The highest BCUT2D eigenvalue weighted by Gasteiger charge is 2.23. The Balaban J connectivity index is 1.90. The molecule has 0 aliphatic heterocycles. The van der Waals surface area contributed by atoms with Gasteiger partial charge < -0.3 is 9.42 Å². The minimum atomic E-state index is -0.412. The molecule has 1 aromatic rings. The fourth-order valence-corrected chi connectivity index (χ4v) is 3.49. The van der Waals surface area contributed by atoms with Gasteiger partial charge in [-0.15, -0.1) is 0 Å². The first-order valence-corrected chi connectivity index (χ1v) is 8.98. The minimum absolute atomic E-state index is 0.135. The standard InChI is InChI=1S/C17H30N4O3/c1-21(2)12-15-18-17(24-20-15)14(11-16(22)19-23)10-6-9-13-7-4-3-5-8-13/h13-14,23H,3-12H2,1-2H3,(H,19,22)/t14-/m1/s1. The van der Waals surface area contributed by atoms with Gasteiger partial charge in [-0.3, -0.25) is 10.0 Å². The molecule has 0 saturated heterocycles. The summed E-state index contributed by atoms with van der Waals surface area (Å²) in [6, 6.07) is 0. The van der Waals surface area contributed by atoms with E-state index in [-0.39, 0.29) is 12.3 Å². The first-order valence-electron chi connectivity index (χ1n) is 8.98. The molecule has 0 spiro atoms. The van der Waals surface area contributed by atoms with Gasteiger partial charge in [0.25, 0.3) is 0 Å². The number of hydroxylamine groups is 1. The number of aromatic nitrogens is 2. The molecule has 1 heterocycles. The van der Waals surface area contributed by atoms with E-state index in [1.165, 1.54) is 38.5 Å². The van der Waals surface area contributed by atoms with Gasteiger partial charge in [-0.05, 0) is 26.4 Å². The fraction of sp³-hybridized carbons (Fsp3) is 0.824. The first-order chi connectivity index (χ1) is 11.6. The predicted octanol–water partition coefficient (Wildman–Crippen LogP) is 2.86. The Kier molecular flexibility index (Phi) is 7.65. The molecule has 1 aromatic heterocycles. The Hall–Kier alpha value is -1.47. The lowest BCUT2D eigenvalue weighted by Crippen LogP contribution is -2.21. The number of nitrogens with one attached hydrogen (secondary N) is 1. The van der Waals surface area contributed by atoms with Crippen molar-refractivity contribution in [2.24, 2.45) is 5.92 Å². The van der Waals surface area contributed by atoms with E-state index in [4.69, 9.17) is 9.73 Å². The summed E-state index contributed by atoms with van der Waals surface area (Å²) < 4.78 is 5.37. The third kappa shape index (κ3) is 6.20. The molecule has 1 fully saturated rings. The van der Waals surface area contributed by atoms with Crippen molar-refractivity contribution in [3.05, 3.63) is 11.7 Å². The van der Waals surface area contributed by atoms with Crippen molar-refractivity contribution in [1.82, 2.24) is 20.5 Å². The second-order valence-electron chi connectivity index (χ2n) is 7.16. The van der Waals surface area contributed by atoms with Crippen LogP contribution in [0.5, 0.6) is 0 Å². The number of carbonyl (C=O) groups excluding carboxylic acids is 1. The van der Waals surface area contributed by atoms with Gasteiger partial charge in [-0.25, -0.2) is 5.48 Å². The maximum absolute atomic E-state index is 11.6. The molecule has 0 bridgehead atoms. The summed E-state index contributed by atoms with van der Waals surface area (Å²) in [6.07, 6.45) is 9.95. The summed E-state index contributed by atoms with van der Waals surface area (Å²) >= 11 is 0. The summed E-state index contributed by atoms with van der Waals surface area (Å²) in [7, 11) is 3.88. The Bertz CT molecular complexity index is 498. The highest BCUT2D eigenvalue weighted by atomic mass is 16.5. The molecule has 2 rings (SSSR count). The Morgan fingerprint density at radius 2 is 2.12 bits per heavy atom. The smallest absolute Gasteiger partial charge is 0.244 e. The lowest BCUT2D eigenvalue weighted by molar-refractivity contribution is -0.129. The van der Waals surface area contributed by atoms with Crippen LogP contribution in [0.25, 0.3) is 0 Å². The Morgan fingerprint density at radius 1 is 1.38 bits per heavy atom. The number of amides is 1. The number of rotatable bonds is 9. The Morgan fingerprint density at radius 3 is 2.79 bits per heavy atom. The third-order valence-corrected chi connectivity index (χ3v) is 4.74. The van der Waals surface area contributed by atoms with Crippen LogP contribution < -0.4 is 5.48 Å². The molecule has 0 aromatic carbocycles. The quantitative estimate of drug-likeness (QED) is 0.531. The molecule has 1 saturated carbocycles. The highest BCUT2D eigenvalue weighted by Crippen LogP contribution is 2.31. The first kappa shape index (κ1) is 18.9. The normalized spacial score (nSPS) is 17.2. The van der Waals surface area contributed by atoms with Crippen LogP contribution in [-0.2, 0) is 11.3 Å². The predicted molar refractivity (Wildman–Crippen MR) is 89.4 cm³/mol. The monoisotopic (exact) mass is 338 g/mol. The summed E-state index contributed by atoms with van der Waals surface area (Å²) in [6.45, 7) is 0.602. The zero-order valence-corrected chi connectivity index (χ0v) is 14.8. The van der Waals surface area contributed by atoms with E-state index < -0.39 is 5.91 Å². The number of hydrogen-bond acceptors (Lipinski definition) is 6. The highest BCUT2D eigenvalue weighted by molar-refractivity contribution is 5.75. The van der Waals surface area contributed by atoms with E-state index in [2.05, 4.69) is 10.1 Å². The van der Waals surface area contributed by atoms with Crippen LogP contribution in [0, 0.1) is 5.92 Å². The molecule has 0 radical (unpaired) electrons. The lowest BCUT2D eigenvalue weighted by atomic mass is 9.84. The second kappa shape index (κ2) is 9.74. The largest absolute Gasteiger partial charge is 0.339 e. The van der Waals surface area contributed by atoms with E-state index in [1.54, 1.807) is 5.48 Å². The minimum Gasteiger partial charge on any atom is -0.339 e. The molecule has 24 heavy (non-hydrogen) atoms. The van der Waals surface area contributed by atoms with Crippen molar-refractivity contribution in [3.63, 3.8) is 0 Å². The SMILES string of the molecule is CN(C)Cc1noc([C@H](CCCC2CCCCC2)CC(=O)NO)n1. The van der Waals surface area contributed by atoms with Crippen molar-refractivity contribution in [2.75, 3.05) is 14.1 Å². The van der Waals surface area contributed by atoms with Crippen LogP contribution in [0.2, 0.25) is 0 Å². The van der Waals surface area contributed by atoms with Gasteiger partial charge in [0.05, 0.1) is 6.54 Å². The van der Waals surface area contributed by atoms with E-state index in [0.717, 1.165) is 18.8 Å². The molecule has 1 aliphatic carbocycles. The third-order valence-electron chi connectivity index (χ3n) is 4.74. The van der Waals surface area contributed by atoms with Crippen LogP contribution in [0.15, 0.2) is 4.52 Å². The molecule has 7 heteroatoms. The molecule has 2 N–H and O–H groups in total. The molecule has 7 nitrogen and oxygen atoms in total. The molecule has 1 amide bonds. The van der Waals surface area contributed by atoms with Gasteiger partial charge >= 0.3 is 0 Å². The maximum atomic E-state index is 11.6. The Labute approximate surface area is 143 Å². The van der Waals surface area contributed by atoms with E-state index in [1.807, 2.05) is 19.0 Å². The van der Waals surface area contributed by atoms with Gasteiger partial charge in [-0.1, -0.05) is 50.1 Å². The lowest BCUT2D eigenvalue weighted by Gasteiger charge is -2.22.